The van der Waals surface area contributed by atoms with Gasteiger partial charge in [0.05, 0.1) is 0 Å². The van der Waals surface area contributed by atoms with Gasteiger partial charge >= 0.3 is 0 Å². The summed E-state index contributed by atoms with van der Waals surface area (Å²) in [7, 11) is 0. The monoisotopic (exact) mass is 250 g/mol. The molecule has 74 valence electrons. The fraction of sp³-hybridized carbons (Fsp3) is 0.750. The van der Waals surface area contributed by atoms with Crippen LogP contribution in [0, 0.1) is 0 Å². The molecular weight excluding hydrogens is 238 g/mol. The van der Waals surface area contributed by atoms with Crippen molar-refractivity contribution in [2.45, 2.75) is 39.5 Å². The summed E-state index contributed by atoms with van der Waals surface area (Å²) in [4.78, 5) is 0. The Balaban J connectivity index is 0. The summed E-state index contributed by atoms with van der Waals surface area (Å²) in [5.41, 5.74) is 0. The molecule has 0 aromatic carbocycles. The van der Waals surface area contributed by atoms with Gasteiger partial charge in [0.1, 0.15) is 8.98 Å². The molecule has 0 aromatic heterocycles. The van der Waals surface area contributed by atoms with E-state index in [1.165, 1.54) is 25.7 Å². The largest absolute Gasteiger partial charge is 0.136 e. The maximum Gasteiger partial charge on any atom is 0.136 e. The van der Waals surface area contributed by atoms with Gasteiger partial charge in [0.25, 0.3) is 0 Å². The second-order valence-corrected chi connectivity index (χ2v) is 4.13. The van der Waals surface area contributed by atoms with E-state index in [4.69, 9.17) is 46.4 Å². The summed E-state index contributed by atoms with van der Waals surface area (Å²) in [6.45, 7) is 4.46. The molecular formula is C8H14Cl4. The zero-order chi connectivity index (χ0) is 9.98. The van der Waals surface area contributed by atoms with Gasteiger partial charge in [-0.2, -0.15) is 0 Å². The van der Waals surface area contributed by atoms with Crippen LogP contribution in [0.2, 0.25) is 0 Å². The van der Waals surface area contributed by atoms with Gasteiger partial charge in [-0.05, 0) is 0 Å². The Morgan fingerprint density at radius 1 is 0.750 bits per heavy atom. The number of rotatable bonds is 3. The second kappa shape index (κ2) is 11.9. The molecule has 0 fully saturated rings. The Labute approximate surface area is 94.8 Å². The molecule has 0 aliphatic carbocycles. The predicted molar refractivity (Wildman–Crippen MR) is 60.3 cm³/mol. The van der Waals surface area contributed by atoms with Crippen LogP contribution in [-0.2, 0) is 0 Å². The van der Waals surface area contributed by atoms with Crippen LogP contribution >= 0.6 is 46.4 Å². The van der Waals surface area contributed by atoms with E-state index in [1.54, 1.807) is 0 Å². The fourth-order valence-corrected chi connectivity index (χ4v) is 0.500. The Morgan fingerprint density at radius 2 is 1.00 bits per heavy atom. The quantitative estimate of drug-likeness (QED) is 0.569. The first-order chi connectivity index (χ1) is 5.56. The summed E-state index contributed by atoms with van der Waals surface area (Å²) < 4.78 is -0.198. The summed E-state index contributed by atoms with van der Waals surface area (Å²) in [5, 5.41) is 0. The van der Waals surface area contributed by atoms with E-state index in [0.29, 0.717) is 0 Å². The minimum atomic E-state index is -0.0988. The van der Waals surface area contributed by atoms with Crippen molar-refractivity contribution in [1.29, 1.82) is 0 Å². The molecule has 0 aromatic rings. The summed E-state index contributed by atoms with van der Waals surface area (Å²) >= 11 is 20.0. The molecule has 12 heavy (non-hydrogen) atoms. The van der Waals surface area contributed by atoms with Crippen molar-refractivity contribution in [2.75, 3.05) is 0 Å². The van der Waals surface area contributed by atoms with Crippen molar-refractivity contribution in [3.05, 3.63) is 8.98 Å². The first-order valence-electron chi connectivity index (χ1n) is 3.92. The first-order valence-corrected chi connectivity index (χ1v) is 5.43. The summed E-state index contributed by atoms with van der Waals surface area (Å²) in [6.07, 6.45) is 5.54. The van der Waals surface area contributed by atoms with Gasteiger partial charge in [-0.3, -0.25) is 0 Å². The highest BCUT2D eigenvalue weighted by Gasteiger charge is 1.88. The zero-order valence-corrected chi connectivity index (χ0v) is 10.4. The number of unbranched alkanes of at least 4 members (excludes halogenated alkanes) is 3. The van der Waals surface area contributed by atoms with E-state index >= 15 is 0 Å². The molecule has 0 radical (unpaired) electrons. The van der Waals surface area contributed by atoms with Crippen molar-refractivity contribution in [3.63, 3.8) is 0 Å². The topological polar surface area (TPSA) is 0 Å². The predicted octanol–water partition coefficient (Wildman–Crippen LogP) is 5.65. The Hall–Kier alpha value is 0.900. The van der Waals surface area contributed by atoms with E-state index in [0.717, 1.165) is 0 Å². The Morgan fingerprint density at radius 3 is 1.08 bits per heavy atom. The van der Waals surface area contributed by atoms with Crippen molar-refractivity contribution < 1.29 is 0 Å². The minimum absolute atomic E-state index is 0.0988. The van der Waals surface area contributed by atoms with Gasteiger partial charge in [-0.25, -0.2) is 0 Å². The van der Waals surface area contributed by atoms with E-state index in [-0.39, 0.29) is 8.98 Å². The number of hydrogen-bond acceptors (Lipinski definition) is 0. The molecule has 0 saturated heterocycles. The second-order valence-electron chi connectivity index (χ2n) is 2.23. The lowest BCUT2D eigenvalue weighted by Crippen LogP contribution is -1.66. The van der Waals surface area contributed by atoms with Gasteiger partial charge in [-0.15, -0.1) is 0 Å². The molecule has 0 rings (SSSR count). The third-order valence-corrected chi connectivity index (χ3v) is 2.24. The van der Waals surface area contributed by atoms with Crippen LogP contribution in [-0.4, -0.2) is 0 Å². The lowest BCUT2D eigenvalue weighted by atomic mass is 10.2. The third kappa shape index (κ3) is 17.1. The van der Waals surface area contributed by atoms with Crippen LogP contribution in [0.4, 0.5) is 0 Å². The van der Waals surface area contributed by atoms with Crippen molar-refractivity contribution in [3.8, 4) is 0 Å². The van der Waals surface area contributed by atoms with E-state index < -0.39 is 0 Å². The average molecular weight is 252 g/mol. The van der Waals surface area contributed by atoms with Gasteiger partial charge in [0.15, 0.2) is 0 Å². The maximum absolute atomic E-state index is 4.99. The highest BCUT2D eigenvalue weighted by atomic mass is 35.5. The lowest BCUT2D eigenvalue weighted by Gasteiger charge is -1.86. The molecule has 0 amide bonds. The molecule has 0 saturated carbocycles. The van der Waals surface area contributed by atoms with Crippen molar-refractivity contribution in [2.24, 2.45) is 0 Å². The molecule has 0 aliphatic heterocycles. The normalized spacial score (nSPS) is 8.50. The van der Waals surface area contributed by atoms with Crippen LogP contribution in [0.15, 0.2) is 8.98 Å². The smallest absolute Gasteiger partial charge is 0.0682 e. The molecule has 0 spiro atoms. The summed E-state index contributed by atoms with van der Waals surface area (Å²) in [6, 6.07) is 0. The van der Waals surface area contributed by atoms with Gasteiger partial charge in [-0.1, -0.05) is 85.9 Å². The molecule has 4 heteroatoms. The highest BCUT2D eigenvalue weighted by molar-refractivity contribution is 6.67. The standard InChI is InChI=1S/C6H14.C2Cl4/c1-3-5-6-4-2;3-1(4)2(5)6/h3-6H2,1-2H3;. The molecule has 0 unspecified atom stereocenters. The highest BCUT2D eigenvalue weighted by Crippen LogP contribution is 2.20. The summed E-state index contributed by atoms with van der Waals surface area (Å²) in [5.74, 6) is 0. The fourth-order valence-electron chi connectivity index (χ4n) is 0.500. The molecule has 0 aliphatic rings. The van der Waals surface area contributed by atoms with Crippen molar-refractivity contribution >= 4 is 46.4 Å². The zero-order valence-electron chi connectivity index (χ0n) is 7.34. The number of halogens is 4. The van der Waals surface area contributed by atoms with E-state index in [2.05, 4.69) is 13.8 Å². The molecule has 0 nitrogen and oxygen atoms in total. The lowest BCUT2D eigenvalue weighted by molar-refractivity contribution is 0.702. The van der Waals surface area contributed by atoms with Crippen LogP contribution in [0.1, 0.15) is 39.5 Å². The van der Waals surface area contributed by atoms with Crippen LogP contribution < -0.4 is 0 Å². The van der Waals surface area contributed by atoms with Crippen molar-refractivity contribution in [1.82, 2.24) is 0 Å². The SMILES string of the molecule is CCCCCC.ClC(Cl)=C(Cl)Cl. The minimum Gasteiger partial charge on any atom is -0.0682 e. The van der Waals surface area contributed by atoms with Gasteiger partial charge in [0.2, 0.25) is 0 Å². The first kappa shape index (κ1) is 15.4. The van der Waals surface area contributed by atoms with E-state index in [9.17, 15) is 0 Å². The van der Waals surface area contributed by atoms with Crippen LogP contribution in [0.5, 0.6) is 0 Å². The Bertz CT molecular complexity index is 98.2. The van der Waals surface area contributed by atoms with Crippen LogP contribution in [0.3, 0.4) is 0 Å². The molecule has 0 N–H and O–H groups in total. The maximum atomic E-state index is 4.99. The Kier molecular flexibility index (Phi) is 15.2. The molecule has 0 heterocycles. The molecule has 0 atom stereocenters. The van der Waals surface area contributed by atoms with Crippen LogP contribution in [0.25, 0.3) is 0 Å². The van der Waals surface area contributed by atoms with Gasteiger partial charge < -0.3 is 0 Å². The molecule has 0 bridgehead atoms. The van der Waals surface area contributed by atoms with E-state index in [1.807, 2.05) is 0 Å². The average Bonchev–Trinajstić information content (AvgIpc) is 2.02. The number of hydrogen-bond donors (Lipinski definition) is 0. The third-order valence-electron chi connectivity index (χ3n) is 1.10. The van der Waals surface area contributed by atoms with Gasteiger partial charge in [0, 0.05) is 0 Å².